The maximum Gasteiger partial charge on any atom is 0.0671 e. The monoisotopic (exact) mass is 358 g/mol. The molecule has 0 bridgehead atoms. The summed E-state index contributed by atoms with van der Waals surface area (Å²) in [4.78, 5) is 0. The molecule has 2 radical (unpaired) electrons. The van der Waals surface area contributed by atoms with Crippen molar-refractivity contribution in [3.8, 4) is 0 Å². The fourth-order valence-electron chi connectivity index (χ4n) is 7.81. The van der Waals surface area contributed by atoms with Crippen molar-refractivity contribution in [3.05, 3.63) is 11.6 Å². The molecule has 4 rings (SSSR count). The summed E-state index contributed by atoms with van der Waals surface area (Å²) < 4.78 is -0.0369. The molecule has 0 aromatic rings. The van der Waals surface area contributed by atoms with Crippen molar-refractivity contribution < 1.29 is 5.11 Å². The van der Waals surface area contributed by atoms with Crippen molar-refractivity contribution >= 4 is 20.5 Å². The molecule has 4 unspecified atom stereocenters. The minimum Gasteiger partial charge on any atom is -0.393 e. The van der Waals surface area contributed by atoms with Gasteiger partial charge < -0.3 is 5.11 Å². The van der Waals surface area contributed by atoms with Gasteiger partial charge in [-0.3, -0.25) is 0 Å². The van der Waals surface area contributed by atoms with Crippen LogP contribution in [0, 0.1) is 34.5 Å². The summed E-state index contributed by atoms with van der Waals surface area (Å²) in [7, 11) is 6.11. The van der Waals surface area contributed by atoms with Crippen molar-refractivity contribution in [2.24, 2.45) is 34.5 Å². The summed E-state index contributed by atoms with van der Waals surface area (Å²) in [5.74, 6) is 3.12. The van der Waals surface area contributed by atoms with Gasteiger partial charge in [-0.05, 0) is 85.9 Å². The standard InChI is InChI=1S/C22H35BOS/c1-20-10-8-15(24)12-14(20)4-5-16-17-6-7-19(22(3,25)13-23)21(17,2)11-9-18(16)20/h4,15-19,24-25H,5-13H2,1-3H3/t15-,16?,17?,18?,19?,20-,21-,22-/m0/s1. The lowest BCUT2D eigenvalue weighted by Gasteiger charge is -2.59. The van der Waals surface area contributed by atoms with Crippen LogP contribution in [0.3, 0.4) is 0 Å². The Balaban J connectivity index is 1.64. The molecule has 1 nitrogen and oxygen atoms in total. The van der Waals surface area contributed by atoms with E-state index >= 15 is 0 Å². The Morgan fingerprint density at radius 2 is 1.96 bits per heavy atom. The molecule has 0 aliphatic heterocycles. The molecular weight excluding hydrogens is 323 g/mol. The molecular formula is C22H35BOS. The second kappa shape index (κ2) is 6.06. The van der Waals surface area contributed by atoms with Gasteiger partial charge in [-0.25, -0.2) is 0 Å². The lowest BCUT2D eigenvalue weighted by molar-refractivity contribution is -0.0530. The van der Waals surface area contributed by atoms with E-state index in [4.69, 9.17) is 20.5 Å². The lowest BCUT2D eigenvalue weighted by Crippen LogP contribution is -2.52. The van der Waals surface area contributed by atoms with Gasteiger partial charge in [0.05, 0.1) is 14.0 Å². The van der Waals surface area contributed by atoms with Crippen molar-refractivity contribution in [1.29, 1.82) is 0 Å². The average Bonchev–Trinajstić information content (AvgIpc) is 2.93. The van der Waals surface area contributed by atoms with Crippen LogP contribution in [-0.4, -0.2) is 23.8 Å². The molecule has 0 saturated heterocycles. The van der Waals surface area contributed by atoms with Crippen LogP contribution < -0.4 is 0 Å². The number of aliphatic hydroxyl groups excluding tert-OH is 1. The number of rotatable bonds is 2. The third-order valence-corrected chi connectivity index (χ3v) is 9.74. The highest BCUT2D eigenvalue weighted by Crippen LogP contribution is 2.68. The predicted octanol–water partition coefficient (Wildman–Crippen LogP) is 5.20. The van der Waals surface area contributed by atoms with Crippen molar-refractivity contribution in [3.63, 3.8) is 0 Å². The van der Waals surface area contributed by atoms with E-state index in [0.29, 0.717) is 23.1 Å². The zero-order valence-electron chi connectivity index (χ0n) is 16.3. The molecule has 0 aromatic carbocycles. The van der Waals surface area contributed by atoms with Gasteiger partial charge in [0, 0.05) is 4.75 Å². The lowest BCUT2D eigenvalue weighted by atomic mass is 9.46. The van der Waals surface area contributed by atoms with Crippen LogP contribution >= 0.6 is 12.6 Å². The summed E-state index contributed by atoms with van der Waals surface area (Å²) in [5, 5.41) is 10.1. The van der Waals surface area contributed by atoms with E-state index in [1.807, 2.05) is 0 Å². The third kappa shape index (κ3) is 2.62. The van der Waals surface area contributed by atoms with Crippen LogP contribution in [-0.2, 0) is 0 Å². The minimum atomic E-state index is -0.102. The Kier molecular flexibility index (Phi) is 4.48. The molecule has 0 heterocycles. The summed E-state index contributed by atoms with van der Waals surface area (Å²) in [6.45, 7) is 7.34. The fourth-order valence-corrected chi connectivity index (χ4v) is 8.23. The largest absolute Gasteiger partial charge is 0.393 e. The molecule has 25 heavy (non-hydrogen) atoms. The van der Waals surface area contributed by atoms with Crippen LogP contribution in [0.4, 0.5) is 0 Å². The maximum atomic E-state index is 10.1. The molecule has 3 heteroatoms. The van der Waals surface area contributed by atoms with E-state index in [-0.39, 0.29) is 10.9 Å². The molecule has 138 valence electrons. The van der Waals surface area contributed by atoms with Gasteiger partial charge in [0.15, 0.2) is 0 Å². The SMILES string of the molecule is [B]C[C@](C)(S)C1CCC2C3CC=C4C[C@@H](O)CC[C@]4(C)C3CC[C@@]21C. The Morgan fingerprint density at radius 3 is 2.68 bits per heavy atom. The molecule has 4 aliphatic rings. The van der Waals surface area contributed by atoms with Gasteiger partial charge in [0.25, 0.3) is 0 Å². The van der Waals surface area contributed by atoms with Gasteiger partial charge in [-0.15, -0.1) is 0 Å². The molecule has 1 N–H and O–H groups in total. The first-order chi connectivity index (χ1) is 11.7. The van der Waals surface area contributed by atoms with E-state index < -0.39 is 0 Å². The summed E-state index contributed by atoms with van der Waals surface area (Å²) >= 11 is 5.01. The van der Waals surface area contributed by atoms with E-state index in [2.05, 4.69) is 26.8 Å². The van der Waals surface area contributed by atoms with Crippen molar-refractivity contribution in [1.82, 2.24) is 0 Å². The molecule has 0 aromatic heterocycles. The number of aliphatic hydroxyl groups is 1. The van der Waals surface area contributed by atoms with Crippen LogP contribution in [0.25, 0.3) is 0 Å². The summed E-state index contributed by atoms with van der Waals surface area (Å²) in [5.41, 5.74) is 2.33. The third-order valence-electron chi connectivity index (χ3n) is 9.24. The second-order valence-corrected chi connectivity index (χ2v) is 11.4. The van der Waals surface area contributed by atoms with E-state index in [1.54, 1.807) is 5.57 Å². The molecule has 0 amide bonds. The Labute approximate surface area is 161 Å². The van der Waals surface area contributed by atoms with Crippen LogP contribution in [0.1, 0.15) is 72.1 Å². The topological polar surface area (TPSA) is 20.2 Å². The number of hydrogen-bond acceptors (Lipinski definition) is 2. The van der Waals surface area contributed by atoms with Gasteiger partial charge >= 0.3 is 0 Å². The number of fused-ring (bicyclic) bond motifs is 5. The summed E-state index contributed by atoms with van der Waals surface area (Å²) in [6, 6.07) is 0. The molecule has 0 spiro atoms. The number of hydrogen-bond donors (Lipinski definition) is 2. The minimum absolute atomic E-state index is 0.0369. The number of thiol groups is 1. The Morgan fingerprint density at radius 1 is 1.20 bits per heavy atom. The maximum absolute atomic E-state index is 10.1. The number of allylic oxidation sites excluding steroid dienone is 1. The predicted molar refractivity (Wildman–Crippen MR) is 109 cm³/mol. The quantitative estimate of drug-likeness (QED) is 0.395. The Hall–Kier alpha value is 0.115. The fraction of sp³-hybridized carbons (Fsp3) is 0.909. The van der Waals surface area contributed by atoms with Gasteiger partial charge in [0.2, 0.25) is 0 Å². The van der Waals surface area contributed by atoms with E-state index in [0.717, 1.165) is 30.6 Å². The van der Waals surface area contributed by atoms with E-state index in [1.165, 1.54) is 38.5 Å². The molecule has 3 fully saturated rings. The van der Waals surface area contributed by atoms with Crippen molar-refractivity contribution in [2.45, 2.75) is 89.3 Å². The zero-order valence-corrected chi connectivity index (χ0v) is 17.2. The van der Waals surface area contributed by atoms with Gasteiger partial charge in [-0.1, -0.05) is 38.7 Å². The highest BCUT2D eigenvalue weighted by molar-refractivity contribution is 7.81. The first-order valence-corrected chi connectivity index (χ1v) is 11.0. The molecule has 3 saturated carbocycles. The smallest absolute Gasteiger partial charge is 0.0671 e. The first-order valence-electron chi connectivity index (χ1n) is 10.5. The zero-order chi connectivity index (χ0) is 18.0. The normalized spacial score (nSPS) is 51.7. The Bertz CT molecular complexity index is 572. The first kappa shape index (κ1) is 18.5. The molecule has 4 aliphatic carbocycles. The highest BCUT2D eigenvalue weighted by Gasteiger charge is 2.60. The highest BCUT2D eigenvalue weighted by atomic mass is 32.1. The summed E-state index contributed by atoms with van der Waals surface area (Å²) in [6.07, 6.45) is 12.8. The van der Waals surface area contributed by atoms with E-state index in [9.17, 15) is 5.11 Å². The average molecular weight is 358 g/mol. The van der Waals surface area contributed by atoms with Gasteiger partial charge in [0.1, 0.15) is 0 Å². The van der Waals surface area contributed by atoms with Crippen molar-refractivity contribution in [2.75, 3.05) is 0 Å². The van der Waals surface area contributed by atoms with Crippen LogP contribution in [0.15, 0.2) is 11.6 Å². The second-order valence-electron chi connectivity index (χ2n) is 10.4. The molecule has 8 atom stereocenters. The van der Waals surface area contributed by atoms with Crippen LogP contribution in [0.2, 0.25) is 6.32 Å². The van der Waals surface area contributed by atoms with Gasteiger partial charge in [-0.2, -0.15) is 12.6 Å². The van der Waals surface area contributed by atoms with Crippen LogP contribution in [0.5, 0.6) is 0 Å².